The van der Waals surface area contributed by atoms with E-state index in [2.05, 4.69) is 9.47 Å². The van der Waals surface area contributed by atoms with Gasteiger partial charge in [-0.3, -0.25) is 14.4 Å². The number of ketones is 1. The number of carbonyl (C=O) groups is 3. The first-order valence-corrected chi connectivity index (χ1v) is 4.95. The van der Waals surface area contributed by atoms with E-state index >= 15 is 0 Å². The Morgan fingerprint density at radius 3 is 2.18 bits per heavy atom. The van der Waals surface area contributed by atoms with Gasteiger partial charge in [-0.2, -0.15) is 0 Å². The van der Waals surface area contributed by atoms with Gasteiger partial charge in [0.2, 0.25) is 0 Å². The van der Waals surface area contributed by atoms with Crippen LogP contribution < -0.4 is 0 Å². The van der Waals surface area contributed by atoms with Gasteiger partial charge in [0.25, 0.3) is 0 Å². The normalized spacial score (nSPS) is 12.0. The number of allylic oxidation sites excluding steroid dienone is 1. The fraction of sp³-hybridized carbons (Fsp3) is 0.545. The summed E-state index contributed by atoms with van der Waals surface area (Å²) in [4.78, 5) is 35.7. The third-order valence-electron chi connectivity index (χ3n) is 1.96. The molecule has 0 fully saturated rings. The molecular formula is C11H17NO5. The molecule has 0 saturated heterocycles. The van der Waals surface area contributed by atoms with Crippen LogP contribution in [-0.4, -0.2) is 50.9 Å². The van der Waals surface area contributed by atoms with Gasteiger partial charge in [-0.1, -0.05) is 0 Å². The first kappa shape index (κ1) is 15.2. The molecular weight excluding hydrogens is 226 g/mol. The van der Waals surface area contributed by atoms with Crippen LogP contribution in [0.4, 0.5) is 0 Å². The lowest BCUT2D eigenvalue weighted by Gasteiger charge is -2.10. The van der Waals surface area contributed by atoms with Crippen molar-refractivity contribution in [3.05, 3.63) is 12.3 Å². The lowest BCUT2D eigenvalue weighted by Crippen LogP contribution is -2.27. The zero-order valence-electron chi connectivity index (χ0n) is 10.4. The molecule has 0 aliphatic heterocycles. The van der Waals surface area contributed by atoms with Gasteiger partial charge in [0.1, 0.15) is 5.92 Å². The van der Waals surface area contributed by atoms with Crippen LogP contribution in [0.2, 0.25) is 0 Å². The van der Waals surface area contributed by atoms with Crippen LogP contribution in [0.15, 0.2) is 12.3 Å². The van der Waals surface area contributed by atoms with Crippen LogP contribution in [0.5, 0.6) is 0 Å². The highest BCUT2D eigenvalue weighted by molar-refractivity contribution is 6.06. The van der Waals surface area contributed by atoms with Gasteiger partial charge >= 0.3 is 11.9 Å². The molecule has 0 amide bonds. The second-order valence-electron chi connectivity index (χ2n) is 3.54. The molecule has 0 aliphatic carbocycles. The third-order valence-corrected chi connectivity index (χ3v) is 1.96. The Bertz CT molecular complexity index is 322. The minimum absolute atomic E-state index is 0.320. The largest absolute Gasteiger partial charge is 0.469 e. The van der Waals surface area contributed by atoms with Gasteiger partial charge in [-0.15, -0.1) is 0 Å². The summed E-state index contributed by atoms with van der Waals surface area (Å²) in [5.74, 6) is -3.02. The Balaban J connectivity index is 4.74. The maximum atomic E-state index is 11.7. The minimum atomic E-state index is -1.15. The van der Waals surface area contributed by atoms with Crippen molar-refractivity contribution in [3.63, 3.8) is 0 Å². The fourth-order valence-corrected chi connectivity index (χ4v) is 1.03. The van der Waals surface area contributed by atoms with E-state index < -0.39 is 23.6 Å². The summed E-state index contributed by atoms with van der Waals surface area (Å²) < 4.78 is 8.89. The van der Waals surface area contributed by atoms with Gasteiger partial charge in [-0.05, 0) is 6.08 Å². The average Bonchev–Trinajstić information content (AvgIpc) is 2.31. The summed E-state index contributed by atoms with van der Waals surface area (Å²) in [6.45, 7) is 0. The zero-order valence-corrected chi connectivity index (χ0v) is 10.4. The van der Waals surface area contributed by atoms with E-state index in [1.54, 1.807) is 19.0 Å². The van der Waals surface area contributed by atoms with Crippen molar-refractivity contribution in [3.8, 4) is 0 Å². The molecule has 0 unspecified atom stereocenters. The van der Waals surface area contributed by atoms with Crippen molar-refractivity contribution >= 4 is 17.7 Å². The van der Waals surface area contributed by atoms with E-state index in [4.69, 9.17) is 0 Å². The maximum Gasteiger partial charge on any atom is 0.317 e. The van der Waals surface area contributed by atoms with Gasteiger partial charge < -0.3 is 14.4 Å². The second kappa shape index (κ2) is 7.43. The molecule has 0 aromatic heterocycles. The second-order valence-corrected chi connectivity index (χ2v) is 3.54. The molecule has 0 aromatic carbocycles. The van der Waals surface area contributed by atoms with Crippen molar-refractivity contribution < 1.29 is 23.9 Å². The number of esters is 2. The van der Waals surface area contributed by atoms with E-state index in [-0.39, 0.29) is 6.42 Å². The third kappa shape index (κ3) is 5.70. The first-order chi connectivity index (χ1) is 7.92. The molecule has 1 atom stereocenters. The Hall–Kier alpha value is -1.85. The molecule has 6 heteroatoms. The van der Waals surface area contributed by atoms with Crippen LogP contribution in [0.1, 0.15) is 6.42 Å². The SMILES string of the molecule is COC(=O)C[C@H](C(=O)/C=C/N(C)C)C(=O)OC. The van der Waals surface area contributed by atoms with Crippen molar-refractivity contribution in [1.29, 1.82) is 0 Å². The molecule has 96 valence electrons. The number of hydrogen-bond acceptors (Lipinski definition) is 6. The Kier molecular flexibility index (Phi) is 6.62. The molecule has 0 heterocycles. The van der Waals surface area contributed by atoms with Gasteiger partial charge in [0, 0.05) is 20.3 Å². The van der Waals surface area contributed by atoms with Crippen LogP contribution in [-0.2, 0) is 23.9 Å². The smallest absolute Gasteiger partial charge is 0.317 e. The molecule has 0 saturated carbocycles. The Morgan fingerprint density at radius 1 is 1.18 bits per heavy atom. The van der Waals surface area contributed by atoms with Crippen molar-refractivity contribution in [1.82, 2.24) is 4.90 Å². The number of carbonyl (C=O) groups excluding carboxylic acids is 3. The number of methoxy groups -OCH3 is 2. The van der Waals surface area contributed by atoms with Crippen molar-refractivity contribution in [2.45, 2.75) is 6.42 Å². The molecule has 0 N–H and O–H groups in total. The highest BCUT2D eigenvalue weighted by Gasteiger charge is 2.28. The van der Waals surface area contributed by atoms with Crippen molar-refractivity contribution in [2.24, 2.45) is 5.92 Å². The zero-order chi connectivity index (χ0) is 13.4. The van der Waals surface area contributed by atoms with Gasteiger partial charge in [0.05, 0.1) is 20.6 Å². The number of hydrogen-bond donors (Lipinski definition) is 0. The quantitative estimate of drug-likeness (QED) is 0.371. The van der Waals surface area contributed by atoms with Crippen molar-refractivity contribution in [2.75, 3.05) is 28.3 Å². The summed E-state index contributed by atoms with van der Waals surface area (Å²) >= 11 is 0. The summed E-state index contributed by atoms with van der Waals surface area (Å²) in [5, 5.41) is 0. The maximum absolute atomic E-state index is 11.7. The standard InChI is InChI=1S/C11H17NO5/c1-12(2)6-5-9(13)8(11(15)17-4)7-10(14)16-3/h5-6,8H,7H2,1-4H3/b6-5+/t8-/m1/s1. The Labute approximate surface area is 100 Å². The fourth-order valence-electron chi connectivity index (χ4n) is 1.03. The highest BCUT2D eigenvalue weighted by atomic mass is 16.5. The van der Waals surface area contributed by atoms with Gasteiger partial charge in [-0.25, -0.2) is 0 Å². The van der Waals surface area contributed by atoms with Crippen LogP contribution in [0, 0.1) is 5.92 Å². The lowest BCUT2D eigenvalue weighted by atomic mass is 10.0. The molecule has 0 radical (unpaired) electrons. The van der Waals surface area contributed by atoms with E-state index in [0.29, 0.717) is 0 Å². The van der Waals surface area contributed by atoms with E-state index in [9.17, 15) is 14.4 Å². The molecule has 0 aliphatic rings. The lowest BCUT2D eigenvalue weighted by molar-refractivity contribution is -0.154. The number of ether oxygens (including phenoxy) is 2. The Morgan fingerprint density at radius 2 is 1.76 bits per heavy atom. The summed E-state index contributed by atoms with van der Waals surface area (Å²) in [5.41, 5.74) is 0. The monoisotopic (exact) mass is 243 g/mol. The van der Waals surface area contributed by atoms with E-state index in [1.807, 2.05) is 0 Å². The predicted octanol–water partition coefficient (Wildman–Crippen LogP) is -0.0169. The summed E-state index contributed by atoms with van der Waals surface area (Å²) in [6, 6.07) is 0. The molecule has 0 bridgehead atoms. The first-order valence-electron chi connectivity index (χ1n) is 4.95. The molecule has 0 aromatic rings. The van der Waals surface area contributed by atoms with E-state index in [1.165, 1.54) is 19.4 Å². The average molecular weight is 243 g/mol. The predicted molar refractivity (Wildman–Crippen MR) is 60.0 cm³/mol. The molecule has 0 rings (SSSR count). The minimum Gasteiger partial charge on any atom is -0.469 e. The molecule has 6 nitrogen and oxygen atoms in total. The molecule has 17 heavy (non-hydrogen) atoms. The summed E-state index contributed by atoms with van der Waals surface area (Å²) in [6.07, 6.45) is 2.40. The molecule has 0 spiro atoms. The highest BCUT2D eigenvalue weighted by Crippen LogP contribution is 2.09. The number of nitrogens with zero attached hydrogens (tertiary/aromatic N) is 1. The van der Waals surface area contributed by atoms with Crippen LogP contribution >= 0.6 is 0 Å². The topological polar surface area (TPSA) is 72.9 Å². The van der Waals surface area contributed by atoms with Crippen LogP contribution in [0.3, 0.4) is 0 Å². The van der Waals surface area contributed by atoms with Gasteiger partial charge in [0.15, 0.2) is 5.78 Å². The number of rotatable bonds is 6. The van der Waals surface area contributed by atoms with E-state index in [0.717, 1.165) is 7.11 Å². The van der Waals surface area contributed by atoms with Crippen LogP contribution in [0.25, 0.3) is 0 Å². The summed E-state index contributed by atoms with van der Waals surface area (Å²) in [7, 11) is 5.82.